The van der Waals surface area contributed by atoms with Crippen molar-refractivity contribution in [2.75, 3.05) is 33.9 Å². The van der Waals surface area contributed by atoms with Crippen LogP contribution in [0.1, 0.15) is 18.6 Å². The summed E-state index contributed by atoms with van der Waals surface area (Å²) in [6.45, 7) is 1.30. The minimum Gasteiger partial charge on any atom is -0.497 e. The van der Waals surface area contributed by atoms with Gasteiger partial charge in [0.25, 0.3) is 5.91 Å². The Hall–Kier alpha value is -3.85. The third kappa shape index (κ3) is 6.58. The first-order chi connectivity index (χ1) is 16.5. The Morgan fingerprint density at radius 2 is 1.38 bits per heavy atom. The standard InChI is InChI=1S/C25H30N4O5/c1-32-19-9-5-17(6-10-19)24-21(15-22(30)27-13-3-4-14-28-23(31)16-26)34-29-25(24)18-7-11-20(33-2)12-8-18/h5-12H,3-4,13-16,26H2,1-2H3,(H,27,30)(H,28,31)/p+1. The normalized spacial score (nSPS) is 10.6. The average molecular weight is 468 g/mol. The number of ether oxygens (including phenoxy) is 2. The van der Waals surface area contributed by atoms with E-state index in [4.69, 9.17) is 14.0 Å². The van der Waals surface area contributed by atoms with Gasteiger partial charge in [-0.25, -0.2) is 0 Å². The second-order valence-corrected chi connectivity index (χ2v) is 7.62. The van der Waals surface area contributed by atoms with Gasteiger partial charge in [-0.2, -0.15) is 0 Å². The zero-order valence-corrected chi connectivity index (χ0v) is 19.6. The Morgan fingerprint density at radius 1 is 0.853 bits per heavy atom. The zero-order chi connectivity index (χ0) is 24.3. The van der Waals surface area contributed by atoms with Gasteiger partial charge in [-0.3, -0.25) is 9.59 Å². The van der Waals surface area contributed by atoms with Crippen molar-refractivity contribution in [1.82, 2.24) is 15.8 Å². The quantitative estimate of drug-likeness (QED) is 0.348. The predicted octanol–water partition coefficient (Wildman–Crippen LogP) is 1.82. The lowest BCUT2D eigenvalue weighted by molar-refractivity contribution is -0.355. The van der Waals surface area contributed by atoms with Crippen molar-refractivity contribution >= 4 is 11.8 Å². The molecule has 180 valence electrons. The summed E-state index contributed by atoms with van der Waals surface area (Å²) in [4.78, 5) is 23.8. The van der Waals surface area contributed by atoms with E-state index in [1.54, 1.807) is 14.2 Å². The van der Waals surface area contributed by atoms with Crippen LogP contribution in [0.4, 0.5) is 0 Å². The van der Waals surface area contributed by atoms with Gasteiger partial charge in [0.15, 0.2) is 12.3 Å². The molecule has 0 spiro atoms. The molecule has 2 aromatic carbocycles. The number of rotatable bonds is 12. The molecule has 0 atom stereocenters. The fourth-order valence-corrected chi connectivity index (χ4v) is 3.45. The van der Waals surface area contributed by atoms with E-state index in [0.29, 0.717) is 24.5 Å². The van der Waals surface area contributed by atoms with E-state index in [9.17, 15) is 9.59 Å². The lowest BCUT2D eigenvalue weighted by Crippen LogP contribution is -2.57. The minimum atomic E-state index is -0.158. The topological polar surface area (TPSA) is 130 Å². The van der Waals surface area contributed by atoms with E-state index < -0.39 is 0 Å². The fourth-order valence-electron chi connectivity index (χ4n) is 3.45. The number of carbonyl (C=O) groups excluding carboxylic acids is 2. The van der Waals surface area contributed by atoms with Gasteiger partial charge in [-0.15, -0.1) is 0 Å². The molecule has 0 unspecified atom stereocenters. The number of quaternary nitrogens is 1. The van der Waals surface area contributed by atoms with Crippen LogP contribution >= 0.6 is 0 Å². The molecule has 3 aromatic rings. The van der Waals surface area contributed by atoms with Crippen LogP contribution in [-0.4, -0.2) is 50.8 Å². The average Bonchev–Trinajstić information content (AvgIpc) is 3.29. The molecule has 0 aliphatic rings. The van der Waals surface area contributed by atoms with Crippen molar-refractivity contribution < 1.29 is 29.3 Å². The van der Waals surface area contributed by atoms with Crippen LogP contribution in [0.25, 0.3) is 22.4 Å². The third-order valence-corrected chi connectivity index (χ3v) is 5.30. The predicted molar refractivity (Wildman–Crippen MR) is 127 cm³/mol. The summed E-state index contributed by atoms with van der Waals surface area (Å²) < 4.78 is 16.2. The molecular formula is C25H31N4O5+. The summed E-state index contributed by atoms with van der Waals surface area (Å²) in [6.07, 6.45) is 1.58. The monoisotopic (exact) mass is 467 g/mol. The summed E-state index contributed by atoms with van der Waals surface area (Å²) in [7, 11) is 3.23. The molecule has 0 aliphatic carbocycles. The number of amides is 2. The first-order valence-electron chi connectivity index (χ1n) is 11.2. The number of methoxy groups -OCH3 is 2. The zero-order valence-electron chi connectivity index (χ0n) is 19.6. The molecule has 3 rings (SSSR count). The molecule has 0 saturated heterocycles. The molecule has 5 N–H and O–H groups in total. The van der Waals surface area contributed by atoms with Crippen LogP contribution in [0, 0.1) is 0 Å². The van der Waals surface area contributed by atoms with Gasteiger partial charge in [0.1, 0.15) is 17.2 Å². The second-order valence-electron chi connectivity index (χ2n) is 7.62. The summed E-state index contributed by atoms with van der Waals surface area (Å²) in [5.74, 6) is 1.72. The van der Waals surface area contributed by atoms with Crippen LogP contribution in [0.3, 0.4) is 0 Å². The highest BCUT2D eigenvalue weighted by Crippen LogP contribution is 2.36. The molecule has 34 heavy (non-hydrogen) atoms. The van der Waals surface area contributed by atoms with Gasteiger partial charge in [-0.1, -0.05) is 17.3 Å². The summed E-state index contributed by atoms with van der Waals surface area (Å²) >= 11 is 0. The molecule has 1 aromatic heterocycles. The Morgan fingerprint density at radius 3 is 1.91 bits per heavy atom. The van der Waals surface area contributed by atoms with Crippen LogP contribution in [0.5, 0.6) is 11.5 Å². The second kappa shape index (κ2) is 12.4. The van der Waals surface area contributed by atoms with E-state index in [1.807, 2.05) is 48.5 Å². The molecule has 9 nitrogen and oxygen atoms in total. The molecule has 0 aliphatic heterocycles. The van der Waals surface area contributed by atoms with E-state index in [0.717, 1.165) is 41.0 Å². The Kier molecular flexibility index (Phi) is 9.04. The Balaban J connectivity index is 1.72. The van der Waals surface area contributed by atoms with Gasteiger partial charge in [-0.05, 0) is 54.8 Å². The van der Waals surface area contributed by atoms with Crippen molar-refractivity contribution in [2.45, 2.75) is 19.3 Å². The van der Waals surface area contributed by atoms with Crippen LogP contribution < -0.4 is 25.8 Å². The van der Waals surface area contributed by atoms with Crippen molar-refractivity contribution in [3.8, 4) is 33.9 Å². The lowest BCUT2D eigenvalue weighted by atomic mass is 9.98. The molecule has 0 bridgehead atoms. The van der Waals surface area contributed by atoms with Gasteiger partial charge < -0.3 is 30.4 Å². The molecule has 0 saturated carbocycles. The third-order valence-electron chi connectivity index (χ3n) is 5.30. The Bertz CT molecular complexity index is 1080. The summed E-state index contributed by atoms with van der Waals surface area (Å²) in [6, 6.07) is 15.1. The molecule has 2 amide bonds. The highest BCUT2D eigenvalue weighted by atomic mass is 16.5. The number of benzene rings is 2. The highest BCUT2D eigenvalue weighted by molar-refractivity contribution is 5.86. The molecule has 0 fully saturated rings. The van der Waals surface area contributed by atoms with E-state index in [-0.39, 0.29) is 24.8 Å². The van der Waals surface area contributed by atoms with Crippen molar-refractivity contribution in [2.24, 2.45) is 0 Å². The lowest BCUT2D eigenvalue weighted by Gasteiger charge is -2.08. The van der Waals surface area contributed by atoms with Crippen LogP contribution in [0.15, 0.2) is 53.1 Å². The first kappa shape index (κ1) is 24.8. The van der Waals surface area contributed by atoms with Gasteiger partial charge in [0.2, 0.25) is 5.91 Å². The van der Waals surface area contributed by atoms with Crippen molar-refractivity contribution in [1.29, 1.82) is 0 Å². The highest BCUT2D eigenvalue weighted by Gasteiger charge is 2.21. The van der Waals surface area contributed by atoms with E-state index in [2.05, 4.69) is 21.5 Å². The van der Waals surface area contributed by atoms with E-state index >= 15 is 0 Å². The molecule has 1 heterocycles. The van der Waals surface area contributed by atoms with Crippen LogP contribution in [-0.2, 0) is 16.0 Å². The maximum Gasteiger partial charge on any atom is 0.275 e. The van der Waals surface area contributed by atoms with Gasteiger partial charge >= 0.3 is 0 Å². The number of nitrogens with one attached hydrogen (secondary N) is 2. The molecule has 9 heteroatoms. The number of hydrogen-bond donors (Lipinski definition) is 3. The van der Waals surface area contributed by atoms with E-state index in [1.165, 1.54) is 0 Å². The van der Waals surface area contributed by atoms with Crippen molar-refractivity contribution in [3.63, 3.8) is 0 Å². The fraction of sp³-hybridized carbons (Fsp3) is 0.320. The minimum absolute atomic E-state index is 0.0583. The number of aromatic nitrogens is 1. The summed E-state index contributed by atoms with van der Waals surface area (Å²) in [5, 5.41) is 9.96. The molecular weight excluding hydrogens is 436 g/mol. The number of unbranched alkanes of at least 4 members (excludes halogenated alkanes) is 1. The van der Waals surface area contributed by atoms with Crippen LogP contribution in [0.2, 0.25) is 0 Å². The van der Waals surface area contributed by atoms with Crippen molar-refractivity contribution in [3.05, 3.63) is 54.3 Å². The maximum atomic E-state index is 12.6. The largest absolute Gasteiger partial charge is 0.497 e. The smallest absolute Gasteiger partial charge is 0.275 e. The van der Waals surface area contributed by atoms with Gasteiger partial charge in [0, 0.05) is 18.7 Å². The SMILES string of the molecule is COc1ccc(-c2noc(CC(=O)NCCCCNC(=O)C[NH3+])c2-c2ccc(OC)cc2)cc1. The number of carbonyl (C=O) groups is 2. The Labute approximate surface area is 198 Å². The maximum absolute atomic E-state index is 12.6. The van der Waals surface area contributed by atoms with Gasteiger partial charge in [0.05, 0.1) is 26.2 Å². The number of nitrogens with zero attached hydrogens (tertiary/aromatic N) is 1. The summed E-state index contributed by atoms with van der Waals surface area (Å²) in [5.41, 5.74) is 6.67. The first-order valence-corrected chi connectivity index (χ1v) is 11.2. The number of hydrogen-bond acceptors (Lipinski definition) is 6. The molecule has 0 radical (unpaired) electrons.